The second-order valence-electron chi connectivity index (χ2n) is 4.57. The summed E-state index contributed by atoms with van der Waals surface area (Å²) in [7, 11) is 0. The fourth-order valence-corrected chi connectivity index (χ4v) is 2.01. The Morgan fingerprint density at radius 3 is 2.25 bits per heavy atom. The first-order valence-electron chi connectivity index (χ1n) is 6.65. The van der Waals surface area contributed by atoms with E-state index < -0.39 is 0 Å². The summed E-state index contributed by atoms with van der Waals surface area (Å²) in [6.45, 7) is 2.26. The number of rotatable bonds is 8. The molecule has 0 saturated carbocycles. The van der Waals surface area contributed by atoms with Crippen LogP contribution in [0, 0.1) is 0 Å². The minimum Gasteiger partial charge on any atom is -0.324 e. The first kappa shape index (κ1) is 13.2. The first-order chi connectivity index (χ1) is 7.84. The van der Waals surface area contributed by atoms with E-state index in [2.05, 4.69) is 31.2 Å². The standard InChI is InChI=1S/C15H25N/c1-2-3-4-5-6-10-13-15(16)14-11-8-7-9-12-14/h7-9,11-12,15H,2-6,10,13,16H2,1H3. The molecule has 0 aromatic heterocycles. The quantitative estimate of drug-likeness (QED) is 0.643. The van der Waals surface area contributed by atoms with E-state index in [4.69, 9.17) is 5.73 Å². The highest BCUT2D eigenvalue weighted by atomic mass is 14.6. The summed E-state index contributed by atoms with van der Waals surface area (Å²) in [6, 6.07) is 10.7. The van der Waals surface area contributed by atoms with Gasteiger partial charge < -0.3 is 5.73 Å². The van der Waals surface area contributed by atoms with Crippen molar-refractivity contribution in [3.05, 3.63) is 35.9 Å². The molecule has 1 aromatic carbocycles. The van der Waals surface area contributed by atoms with E-state index in [9.17, 15) is 0 Å². The van der Waals surface area contributed by atoms with E-state index >= 15 is 0 Å². The van der Waals surface area contributed by atoms with Crippen molar-refractivity contribution in [1.82, 2.24) is 0 Å². The highest BCUT2D eigenvalue weighted by Gasteiger charge is 2.03. The molecule has 1 rings (SSSR count). The molecule has 1 heteroatoms. The Kier molecular flexibility index (Phi) is 6.91. The molecule has 1 aromatic rings. The second kappa shape index (κ2) is 8.35. The summed E-state index contributed by atoms with van der Waals surface area (Å²) in [5.74, 6) is 0. The Morgan fingerprint density at radius 2 is 1.56 bits per heavy atom. The minimum absolute atomic E-state index is 0.229. The Labute approximate surface area is 100 Å². The highest BCUT2D eigenvalue weighted by Crippen LogP contribution is 2.17. The Morgan fingerprint density at radius 1 is 0.938 bits per heavy atom. The van der Waals surface area contributed by atoms with E-state index in [0.29, 0.717) is 0 Å². The van der Waals surface area contributed by atoms with Gasteiger partial charge in [-0.1, -0.05) is 75.8 Å². The molecular weight excluding hydrogens is 194 g/mol. The molecule has 0 fully saturated rings. The van der Waals surface area contributed by atoms with E-state index in [0.717, 1.165) is 6.42 Å². The van der Waals surface area contributed by atoms with Gasteiger partial charge in [0.2, 0.25) is 0 Å². The van der Waals surface area contributed by atoms with Gasteiger partial charge in [0, 0.05) is 6.04 Å². The van der Waals surface area contributed by atoms with Crippen LogP contribution in [0.2, 0.25) is 0 Å². The van der Waals surface area contributed by atoms with Crippen molar-refractivity contribution in [3.8, 4) is 0 Å². The van der Waals surface area contributed by atoms with Crippen molar-refractivity contribution in [2.75, 3.05) is 0 Å². The predicted octanol–water partition coefficient (Wildman–Crippen LogP) is 4.44. The second-order valence-corrected chi connectivity index (χ2v) is 4.57. The molecule has 0 aliphatic carbocycles. The zero-order chi connectivity index (χ0) is 11.6. The lowest BCUT2D eigenvalue weighted by molar-refractivity contribution is 0.547. The van der Waals surface area contributed by atoms with Crippen LogP contribution in [-0.4, -0.2) is 0 Å². The smallest absolute Gasteiger partial charge is 0.0294 e. The highest BCUT2D eigenvalue weighted by molar-refractivity contribution is 5.18. The number of unbranched alkanes of at least 4 members (excludes halogenated alkanes) is 5. The van der Waals surface area contributed by atoms with Gasteiger partial charge in [0.05, 0.1) is 0 Å². The Hall–Kier alpha value is -0.820. The minimum atomic E-state index is 0.229. The van der Waals surface area contributed by atoms with Gasteiger partial charge in [-0.15, -0.1) is 0 Å². The molecule has 1 atom stereocenters. The van der Waals surface area contributed by atoms with Crippen molar-refractivity contribution in [2.45, 2.75) is 57.9 Å². The summed E-state index contributed by atoms with van der Waals surface area (Å²) < 4.78 is 0. The van der Waals surface area contributed by atoms with Gasteiger partial charge in [0.1, 0.15) is 0 Å². The number of hydrogen-bond donors (Lipinski definition) is 1. The van der Waals surface area contributed by atoms with Gasteiger partial charge >= 0.3 is 0 Å². The molecule has 1 unspecified atom stereocenters. The third-order valence-corrected chi connectivity index (χ3v) is 3.10. The van der Waals surface area contributed by atoms with E-state index in [1.54, 1.807) is 0 Å². The van der Waals surface area contributed by atoms with Crippen LogP contribution >= 0.6 is 0 Å². The van der Waals surface area contributed by atoms with Crippen LogP contribution in [-0.2, 0) is 0 Å². The molecule has 2 N–H and O–H groups in total. The largest absolute Gasteiger partial charge is 0.324 e. The molecule has 0 heterocycles. The van der Waals surface area contributed by atoms with Gasteiger partial charge in [0.15, 0.2) is 0 Å². The van der Waals surface area contributed by atoms with E-state index in [-0.39, 0.29) is 6.04 Å². The van der Waals surface area contributed by atoms with Crippen LogP contribution in [0.25, 0.3) is 0 Å². The molecule has 90 valence electrons. The summed E-state index contributed by atoms with van der Waals surface area (Å²) in [5.41, 5.74) is 7.41. The van der Waals surface area contributed by atoms with Crippen molar-refractivity contribution in [1.29, 1.82) is 0 Å². The van der Waals surface area contributed by atoms with Gasteiger partial charge in [-0.05, 0) is 12.0 Å². The molecule has 16 heavy (non-hydrogen) atoms. The maximum Gasteiger partial charge on any atom is 0.0294 e. The summed E-state index contributed by atoms with van der Waals surface area (Å²) in [4.78, 5) is 0. The van der Waals surface area contributed by atoms with Crippen LogP contribution in [0.4, 0.5) is 0 Å². The lowest BCUT2D eigenvalue weighted by atomic mass is 10.0. The fourth-order valence-electron chi connectivity index (χ4n) is 2.01. The molecule has 0 spiro atoms. The summed E-state index contributed by atoms with van der Waals surface area (Å²) >= 11 is 0. The van der Waals surface area contributed by atoms with Crippen molar-refractivity contribution in [3.63, 3.8) is 0 Å². The third-order valence-electron chi connectivity index (χ3n) is 3.10. The SMILES string of the molecule is CCCCCCCCC(N)c1ccccc1. The molecule has 0 amide bonds. The molecule has 0 aliphatic heterocycles. The predicted molar refractivity (Wildman–Crippen MR) is 71.4 cm³/mol. The van der Waals surface area contributed by atoms with Crippen molar-refractivity contribution < 1.29 is 0 Å². The lowest BCUT2D eigenvalue weighted by Crippen LogP contribution is -2.09. The van der Waals surface area contributed by atoms with Crippen LogP contribution in [0.15, 0.2) is 30.3 Å². The average Bonchev–Trinajstić information content (AvgIpc) is 2.34. The van der Waals surface area contributed by atoms with Crippen LogP contribution < -0.4 is 5.73 Å². The average molecular weight is 219 g/mol. The number of hydrogen-bond acceptors (Lipinski definition) is 1. The molecule has 1 nitrogen and oxygen atoms in total. The zero-order valence-electron chi connectivity index (χ0n) is 10.5. The summed E-state index contributed by atoms with van der Waals surface area (Å²) in [6.07, 6.45) is 9.18. The van der Waals surface area contributed by atoms with Gasteiger partial charge in [-0.2, -0.15) is 0 Å². The van der Waals surface area contributed by atoms with Crippen molar-refractivity contribution >= 4 is 0 Å². The van der Waals surface area contributed by atoms with Crippen LogP contribution in [0.1, 0.15) is 63.5 Å². The topological polar surface area (TPSA) is 26.0 Å². The van der Waals surface area contributed by atoms with Crippen molar-refractivity contribution in [2.24, 2.45) is 5.73 Å². The Balaban J connectivity index is 2.09. The molecule has 0 saturated heterocycles. The molecule has 0 aliphatic rings. The molecule has 0 radical (unpaired) electrons. The Bertz CT molecular complexity index is 255. The number of nitrogens with two attached hydrogens (primary N) is 1. The fraction of sp³-hybridized carbons (Fsp3) is 0.600. The molecule has 0 bridgehead atoms. The van der Waals surface area contributed by atoms with E-state index in [1.807, 2.05) is 6.07 Å². The molecular formula is C15H25N. The van der Waals surface area contributed by atoms with Gasteiger partial charge in [0.25, 0.3) is 0 Å². The first-order valence-corrected chi connectivity index (χ1v) is 6.65. The third kappa shape index (κ3) is 5.32. The maximum absolute atomic E-state index is 6.14. The monoisotopic (exact) mass is 219 g/mol. The normalized spacial score (nSPS) is 12.6. The van der Waals surface area contributed by atoms with Crippen LogP contribution in [0.5, 0.6) is 0 Å². The lowest BCUT2D eigenvalue weighted by Gasteiger charge is -2.11. The summed E-state index contributed by atoms with van der Waals surface area (Å²) in [5, 5.41) is 0. The van der Waals surface area contributed by atoms with Gasteiger partial charge in [-0.3, -0.25) is 0 Å². The zero-order valence-corrected chi connectivity index (χ0v) is 10.5. The van der Waals surface area contributed by atoms with Gasteiger partial charge in [-0.25, -0.2) is 0 Å². The maximum atomic E-state index is 6.14. The number of benzene rings is 1. The van der Waals surface area contributed by atoms with Crippen LogP contribution in [0.3, 0.4) is 0 Å². The van der Waals surface area contributed by atoms with E-state index in [1.165, 1.54) is 44.1 Å².